The van der Waals surface area contributed by atoms with Gasteiger partial charge in [-0.2, -0.15) is 0 Å². The molecule has 0 spiro atoms. The van der Waals surface area contributed by atoms with Gasteiger partial charge >= 0.3 is 12.1 Å². The Bertz CT molecular complexity index is 835. The number of ether oxygens (including phenoxy) is 2. The lowest BCUT2D eigenvalue weighted by atomic mass is 10.3. The molecule has 0 aliphatic carbocycles. The van der Waals surface area contributed by atoms with E-state index in [9.17, 15) is 9.59 Å². The smallest absolute Gasteiger partial charge is 0.407 e. The van der Waals surface area contributed by atoms with E-state index in [-0.39, 0.29) is 19.8 Å². The molecule has 10 nitrogen and oxygen atoms in total. The maximum atomic E-state index is 12.3. The molecule has 2 rings (SSSR count). The lowest BCUT2D eigenvalue weighted by Gasteiger charge is -2.13. The number of carbonyl (C=O) groups excluding carboxylic acids is 2. The van der Waals surface area contributed by atoms with Gasteiger partial charge in [-0.05, 0) is 31.0 Å². The van der Waals surface area contributed by atoms with Crippen molar-refractivity contribution in [3.63, 3.8) is 0 Å². The van der Waals surface area contributed by atoms with Crippen molar-refractivity contribution >= 4 is 35.2 Å². The third-order valence-corrected chi connectivity index (χ3v) is 3.91. The fraction of sp³-hybridized carbons (Fsp3) is 0.368. The van der Waals surface area contributed by atoms with E-state index >= 15 is 0 Å². The van der Waals surface area contributed by atoms with Gasteiger partial charge in [-0.25, -0.2) is 14.6 Å². The van der Waals surface area contributed by atoms with Crippen molar-refractivity contribution < 1.29 is 24.2 Å². The van der Waals surface area contributed by atoms with E-state index < -0.39 is 12.1 Å². The van der Waals surface area contributed by atoms with Gasteiger partial charge in [0.25, 0.3) is 0 Å². The van der Waals surface area contributed by atoms with Crippen LogP contribution in [-0.2, 0) is 11.2 Å². The highest BCUT2D eigenvalue weighted by Crippen LogP contribution is 2.28. The molecule has 11 heteroatoms. The molecule has 3 amide bonds. The molecular weight excluding hydrogens is 414 g/mol. The van der Waals surface area contributed by atoms with Crippen molar-refractivity contribution in [3.8, 4) is 5.75 Å². The molecule has 0 fully saturated rings. The van der Waals surface area contributed by atoms with Gasteiger partial charge in [0.05, 0.1) is 37.0 Å². The minimum absolute atomic E-state index is 0.0570. The second-order valence-corrected chi connectivity index (χ2v) is 6.39. The van der Waals surface area contributed by atoms with Crippen LogP contribution in [0.5, 0.6) is 5.75 Å². The topological polar surface area (TPSA) is 135 Å². The second-order valence-electron chi connectivity index (χ2n) is 5.95. The normalized spacial score (nSPS) is 10.2. The number of nitrogens with zero attached hydrogens (tertiary/aromatic N) is 2. The van der Waals surface area contributed by atoms with Gasteiger partial charge in [0.15, 0.2) is 5.82 Å². The van der Waals surface area contributed by atoms with E-state index in [1.807, 2.05) is 6.92 Å². The molecule has 1 heterocycles. The van der Waals surface area contributed by atoms with Crippen molar-refractivity contribution in [2.24, 2.45) is 0 Å². The highest BCUT2D eigenvalue weighted by molar-refractivity contribution is 6.31. The number of aliphatic hydroxyl groups is 1. The van der Waals surface area contributed by atoms with Crippen LogP contribution in [0.4, 0.5) is 21.1 Å². The number of aromatic nitrogens is 2. The first-order chi connectivity index (χ1) is 14.5. The molecule has 0 aliphatic rings. The molecule has 0 aliphatic heterocycles. The Morgan fingerprint density at radius 3 is 2.70 bits per heavy atom. The number of carbonyl (C=O) groups is 2. The number of amides is 3. The number of aliphatic hydroxyl groups excluding tert-OH is 1. The predicted octanol–water partition coefficient (Wildman–Crippen LogP) is 2.82. The van der Waals surface area contributed by atoms with Gasteiger partial charge < -0.3 is 25.2 Å². The summed E-state index contributed by atoms with van der Waals surface area (Å²) in [5.41, 5.74) is 1.20. The summed E-state index contributed by atoms with van der Waals surface area (Å²) in [7, 11) is 0. The summed E-state index contributed by atoms with van der Waals surface area (Å²) in [5.74, 6) is 0.734. The van der Waals surface area contributed by atoms with Crippen LogP contribution in [0.3, 0.4) is 0 Å². The van der Waals surface area contributed by atoms with Crippen molar-refractivity contribution in [2.45, 2.75) is 19.8 Å². The zero-order valence-corrected chi connectivity index (χ0v) is 17.2. The van der Waals surface area contributed by atoms with E-state index in [1.54, 1.807) is 24.4 Å². The first-order valence-electron chi connectivity index (χ1n) is 9.34. The Labute approximate surface area is 179 Å². The summed E-state index contributed by atoms with van der Waals surface area (Å²) in [6, 6.07) is 4.32. The largest absolute Gasteiger partial charge is 0.491 e. The van der Waals surface area contributed by atoms with E-state index in [4.69, 9.17) is 21.4 Å². The van der Waals surface area contributed by atoms with Crippen LogP contribution in [0.25, 0.3) is 0 Å². The monoisotopic (exact) mass is 437 g/mol. The number of hydrogen-bond donors (Lipinski definition) is 4. The highest BCUT2D eigenvalue weighted by atomic mass is 35.5. The molecule has 0 bridgehead atoms. The van der Waals surface area contributed by atoms with Crippen LogP contribution in [0.1, 0.15) is 19.0 Å². The number of hydrogen-bond acceptors (Lipinski definition) is 7. The molecule has 162 valence electrons. The zero-order valence-electron chi connectivity index (χ0n) is 16.5. The summed E-state index contributed by atoms with van der Waals surface area (Å²) in [5, 5.41) is 16.8. The Hall–Kier alpha value is -3.11. The molecule has 0 unspecified atom stereocenters. The number of alkyl carbamates (subject to hydrolysis) is 1. The number of halogens is 1. The lowest BCUT2D eigenvalue weighted by Crippen LogP contribution is -2.27. The van der Waals surface area contributed by atoms with Crippen LogP contribution >= 0.6 is 11.6 Å². The quantitative estimate of drug-likeness (QED) is 0.420. The fourth-order valence-electron chi connectivity index (χ4n) is 2.23. The van der Waals surface area contributed by atoms with Crippen LogP contribution in [0.2, 0.25) is 5.02 Å². The van der Waals surface area contributed by atoms with Gasteiger partial charge in [-0.1, -0.05) is 18.5 Å². The molecule has 0 atom stereocenters. The van der Waals surface area contributed by atoms with Gasteiger partial charge in [0.2, 0.25) is 0 Å². The first-order valence-corrected chi connectivity index (χ1v) is 9.72. The second kappa shape index (κ2) is 12.5. The summed E-state index contributed by atoms with van der Waals surface area (Å²) in [6.07, 6.45) is 3.72. The standard InChI is InChI=1S/C19H24ClN5O5/c1-2-14-11-23-17(12-22-14)25-18(27)24-15-10-13(20)4-5-16(15)29-8-3-6-21-19(28)30-9-7-26/h4-5,10-12,26H,2-3,6-9H2,1H3,(H,21,28)(H2,23,24,25,27). The third-order valence-electron chi connectivity index (χ3n) is 3.67. The van der Waals surface area contributed by atoms with Crippen LogP contribution < -0.4 is 20.7 Å². The van der Waals surface area contributed by atoms with E-state index in [0.29, 0.717) is 35.2 Å². The van der Waals surface area contributed by atoms with Crippen molar-refractivity contribution in [2.75, 3.05) is 37.0 Å². The van der Waals surface area contributed by atoms with Crippen LogP contribution in [-0.4, -0.2) is 53.6 Å². The van der Waals surface area contributed by atoms with E-state index in [0.717, 1.165) is 12.1 Å². The summed E-state index contributed by atoms with van der Waals surface area (Å²) < 4.78 is 10.3. The molecule has 4 N–H and O–H groups in total. The van der Waals surface area contributed by atoms with Crippen LogP contribution in [0.15, 0.2) is 30.6 Å². The van der Waals surface area contributed by atoms with Gasteiger partial charge in [-0.3, -0.25) is 10.3 Å². The molecule has 1 aromatic heterocycles. The molecule has 0 saturated heterocycles. The number of urea groups is 1. The predicted molar refractivity (Wildman–Crippen MR) is 112 cm³/mol. The third kappa shape index (κ3) is 8.10. The number of rotatable bonds is 10. The minimum atomic E-state index is -0.607. The molecule has 1 aromatic carbocycles. The average Bonchev–Trinajstić information content (AvgIpc) is 2.73. The molecule has 0 radical (unpaired) electrons. The average molecular weight is 438 g/mol. The van der Waals surface area contributed by atoms with Crippen molar-refractivity contribution in [1.29, 1.82) is 0 Å². The maximum Gasteiger partial charge on any atom is 0.407 e. The Kier molecular flexibility index (Phi) is 9.62. The zero-order chi connectivity index (χ0) is 21.8. The number of benzene rings is 1. The van der Waals surface area contributed by atoms with Crippen molar-refractivity contribution in [1.82, 2.24) is 15.3 Å². The molecule has 30 heavy (non-hydrogen) atoms. The molecular formula is C19H24ClN5O5. The summed E-state index contributed by atoms with van der Waals surface area (Å²) in [6.45, 7) is 2.28. The SMILES string of the molecule is CCc1cnc(NC(=O)Nc2cc(Cl)ccc2OCCCNC(=O)OCCO)cn1. The summed E-state index contributed by atoms with van der Waals surface area (Å²) in [4.78, 5) is 31.8. The molecule has 2 aromatic rings. The Balaban J connectivity index is 1.84. The maximum absolute atomic E-state index is 12.3. The fourth-order valence-corrected chi connectivity index (χ4v) is 2.40. The molecule has 0 saturated carbocycles. The lowest BCUT2D eigenvalue weighted by molar-refractivity contribution is 0.119. The van der Waals surface area contributed by atoms with E-state index in [1.165, 1.54) is 6.20 Å². The van der Waals surface area contributed by atoms with Gasteiger partial charge in [-0.15, -0.1) is 0 Å². The van der Waals surface area contributed by atoms with Gasteiger partial charge in [0, 0.05) is 11.6 Å². The van der Waals surface area contributed by atoms with Crippen molar-refractivity contribution in [3.05, 3.63) is 41.3 Å². The number of aryl methyl sites for hydroxylation is 1. The van der Waals surface area contributed by atoms with Gasteiger partial charge in [0.1, 0.15) is 12.4 Å². The van der Waals surface area contributed by atoms with E-state index in [2.05, 4.69) is 30.7 Å². The number of anilines is 2. The summed E-state index contributed by atoms with van der Waals surface area (Å²) >= 11 is 6.03. The Morgan fingerprint density at radius 2 is 2.00 bits per heavy atom. The first kappa shape index (κ1) is 23.2. The Morgan fingerprint density at radius 1 is 1.17 bits per heavy atom. The van der Waals surface area contributed by atoms with Crippen LogP contribution in [0, 0.1) is 0 Å². The minimum Gasteiger partial charge on any atom is -0.491 e. The highest BCUT2D eigenvalue weighted by Gasteiger charge is 2.10. The number of nitrogens with one attached hydrogen (secondary N) is 3.